The van der Waals surface area contributed by atoms with E-state index in [1.54, 1.807) is 0 Å². The number of aliphatic hydroxyl groups is 1. The van der Waals surface area contributed by atoms with Gasteiger partial charge in [0, 0.05) is 25.1 Å². The summed E-state index contributed by atoms with van der Waals surface area (Å²) < 4.78 is 0. The SMILES string of the molecule is Cc1cc2c(cc1C)NC(c1cccc(CCCO)c1)CC(=O)C2. The Morgan fingerprint density at radius 2 is 1.96 bits per heavy atom. The minimum absolute atomic E-state index is 0.00920. The average molecular weight is 323 g/mol. The molecule has 0 radical (unpaired) electrons. The third-order valence-corrected chi connectivity index (χ3v) is 4.85. The fraction of sp³-hybridized carbons (Fsp3) is 0.381. The fourth-order valence-corrected chi connectivity index (χ4v) is 3.36. The molecule has 2 N–H and O–H groups in total. The van der Waals surface area contributed by atoms with Gasteiger partial charge >= 0.3 is 0 Å². The van der Waals surface area contributed by atoms with Crippen LogP contribution in [0.4, 0.5) is 5.69 Å². The Morgan fingerprint density at radius 3 is 2.75 bits per heavy atom. The first-order valence-electron chi connectivity index (χ1n) is 8.65. The van der Waals surface area contributed by atoms with Gasteiger partial charge in [0.05, 0.1) is 6.04 Å². The van der Waals surface area contributed by atoms with Crippen molar-refractivity contribution in [2.24, 2.45) is 0 Å². The average Bonchev–Trinajstić information content (AvgIpc) is 2.72. The molecule has 3 rings (SSSR count). The molecule has 3 nitrogen and oxygen atoms in total. The van der Waals surface area contributed by atoms with Crippen molar-refractivity contribution in [1.82, 2.24) is 0 Å². The Bertz CT molecular complexity index is 751. The number of hydrogen-bond acceptors (Lipinski definition) is 3. The largest absolute Gasteiger partial charge is 0.396 e. The van der Waals surface area contributed by atoms with E-state index in [2.05, 4.69) is 49.5 Å². The summed E-state index contributed by atoms with van der Waals surface area (Å²) in [5.41, 5.74) is 7.00. The first-order chi connectivity index (χ1) is 11.6. The molecule has 0 aromatic heterocycles. The maximum Gasteiger partial charge on any atom is 0.139 e. The molecule has 0 saturated carbocycles. The van der Waals surface area contributed by atoms with E-state index in [0.29, 0.717) is 12.8 Å². The van der Waals surface area contributed by atoms with Gasteiger partial charge in [-0.25, -0.2) is 0 Å². The topological polar surface area (TPSA) is 49.3 Å². The zero-order valence-corrected chi connectivity index (χ0v) is 14.4. The lowest BCUT2D eigenvalue weighted by Gasteiger charge is -2.20. The van der Waals surface area contributed by atoms with Crippen LogP contribution in [0.5, 0.6) is 0 Å². The predicted octanol–water partition coefficient (Wildman–Crippen LogP) is 3.90. The smallest absolute Gasteiger partial charge is 0.139 e. The van der Waals surface area contributed by atoms with Crippen LogP contribution in [0.1, 0.15) is 46.7 Å². The number of carbonyl (C=O) groups is 1. The van der Waals surface area contributed by atoms with E-state index in [1.807, 2.05) is 6.07 Å². The Labute approximate surface area is 143 Å². The molecule has 2 aromatic rings. The molecular formula is C21H25NO2. The minimum Gasteiger partial charge on any atom is -0.396 e. The summed E-state index contributed by atoms with van der Waals surface area (Å²) >= 11 is 0. The van der Waals surface area contributed by atoms with Gasteiger partial charge in [-0.3, -0.25) is 4.79 Å². The maximum atomic E-state index is 12.4. The standard InChI is InChI=1S/C21H25NO2/c1-14-9-18-12-19(24)13-21(22-20(18)10-15(14)2)17-7-3-5-16(11-17)6-4-8-23/h3,5,7,9-11,21-23H,4,6,8,12-13H2,1-2H3. The molecule has 0 saturated heterocycles. The monoisotopic (exact) mass is 323 g/mol. The molecule has 0 bridgehead atoms. The van der Waals surface area contributed by atoms with Crippen LogP contribution in [0.15, 0.2) is 36.4 Å². The van der Waals surface area contributed by atoms with Crippen LogP contribution < -0.4 is 5.32 Å². The summed E-state index contributed by atoms with van der Waals surface area (Å²) in [6.45, 7) is 4.40. The van der Waals surface area contributed by atoms with Crippen LogP contribution in [0.2, 0.25) is 0 Å². The van der Waals surface area contributed by atoms with Gasteiger partial charge in [0.2, 0.25) is 0 Å². The third kappa shape index (κ3) is 3.68. The van der Waals surface area contributed by atoms with Crippen LogP contribution in [0.25, 0.3) is 0 Å². The minimum atomic E-state index is 0.00920. The second-order valence-electron chi connectivity index (χ2n) is 6.78. The van der Waals surface area contributed by atoms with Gasteiger partial charge in [0.15, 0.2) is 0 Å². The number of hydrogen-bond donors (Lipinski definition) is 2. The van der Waals surface area contributed by atoms with Crippen molar-refractivity contribution in [3.8, 4) is 0 Å². The highest BCUT2D eigenvalue weighted by atomic mass is 16.2. The molecule has 1 unspecified atom stereocenters. The van der Waals surface area contributed by atoms with E-state index in [1.165, 1.54) is 16.7 Å². The summed E-state index contributed by atoms with van der Waals surface area (Å²) in [6, 6.07) is 12.7. The highest BCUT2D eigenvalue weighted by molar-refractivity contribution is 5.85. The van der Waals surface area contributed by atoms with Crippen molar-refractivity contribution in [3.05, 3.63) is 64.2 Å². The third-order valence-electron chi connectivity index (χ3n) is 4.85. The number of aliphatic hydroxyl groups excluding tert-OH is 1. The molecule has 0 aliphatic carbocycles. The molecule has 0 amide bonds. The fourth-order valence-electron chi connectivity index (χ4n) is 3.36. The molecule has 1 aliphatic rings. The maximum absolute atomic E-state index is 12.4. The van der Waals surface area contributed by atoms with Crippen molar-refractivity contribution in [1.29, 1.82) is 0 Å². The number of Topliss-reactive ketones (excluding diaryl/α,β-unsaturated/α-hetero) is 1. The molecule has 0 fully saturated rings. The number of benzene rings is 2. The number of aryl methyl sites for hydroxylation is 3. The number of carbonyl (C=O) groups excluding carboxylic acids is 1. The molecule has 1 heterocycles. The van der Waals surface area contributed by atoms with E-state index in [4.69, 9.17) is 5.11 Å². The zero-order chi connectivity index (χ0) is 17.1. The summed E-state index contributed by atoms with van der Waals surface area (Å²) in [6.07, 6.45) is 2.64. The van der Waals surface area contributed by atoms with E-state index in [0.717, 1.165) is 29.7 Å². The Balaban J connectivity index is 1.91. The molecule has 126 valence electrons. The van der Waals surface area contributed by atoms with Gasteiger partial charge in [-0.15, -0.1) is 0 Å². The van der Waals surface area contributed by atoms with Crippen molar-refractivity contribution >= 4 is 11.5 Å². The van der Waals surface area contributed by atoms with Gasteiger partial charge in [-0.1, -0.05) is 30.3 Å². The molecular weight excluding hydrogens is 298 g/mol. The molecule has 24 heavy (non-hydrogen) atoms. The number of anilines is 1. The summed E-state index contributed by atoms with van der Waals surface area (Å²) in [4.78, 5) is 12.4. The van der Waals surface area contributed by atoms with Gasteiger partial charge in [-0.05, 0) is 60.6 Å². The second kappa shape index (κ2) is 7.18. The van der Waals surface area contributed by atoms with Crippen LogP contribution in [-0.2, 0) is 17.6 Å². The van der Waals surface area contributed by atoms with E-state index in [9.17, 15) is 4.79 Å². The molecule has 3 heteroatoms. The second-order valence-corrected chi connectivity index (χ2v) is 6.78. The van der Waals surface area contributed by atoms with Gasteiger partial charge in [0.25, 0.3) is 0 Å². The highest BCUT2D eigenvalue weighted by Crippen LogP contribution is 2.32. The summed E-state index contributed by atoms with van der Waals surface area (Å²) in [5, 5.41) is 12.6. The predicted molar refractivity (Wildman–Crippen MR) is 97.5 cm³/mol. The van der Waals surface area contributed by atoms with Crippen LogP contribution in [-0.4, -0.2) is 17.5 Å². The van der Waals surface area contributed by atoms with E-state index in [-0.39, 0.29) is 18.4 Å². The van der Waals surface area contributed by atoms with Gasteiger partial charge in [0.1, 0.15) is 5.78 Å². The Hall–Kier alpha value is -2.13. The first kappa shape index (κ1) is 16.7. The molecule has 2 aromatic carbocycles. The van der Waals surface area contributed by atoms with E-state index >= 15 is 0 Å². The summed E-state index contributed by atoms with van der Waals surface area (Å²) in [7, 11) is 0. The lowest BCUT2D eigenvalue weighted by molar-refractivity contribution is -0.118. The van der Waals surface area contributed by atoms with Crippen molar-refractivity contribution in [2.75, 3.05) is 11.9 Å². The summed E-state index contributed by atoms with van der Waals surface area (Å²) in [5.74, 6) is 0.273. The Morgan fingerprint density at radius 1 is 1.17 bits per heavy atom. The quantitative estimate of drug-likeness (QED) is 0.897. The number of rotatable bonds is 4. The molecule has 0 spiro atoms. The van der Waals surface area contributed by atoms with Crippen molar-refractivity contribution in [2.45, 2.75) is 45.6 Å². The van der Waals surface area contributed by atoms with Crippen LogP contribution in [0.3, 0.4) is 0 Å². The number of fused-ring (bicyclic) bond motifs is 1. The van der Waals surface area contributed by atoms with Crippen molar-refractivity contribution in [3.63, 3.8) is 0 Å². The Kier molecular flexibility index (Phi) is 5.00. The lowest BCUT2D eigenvalue weighted by Crippen LogP contribution is -2.13. The van der Waals surface area contributed by atoms with Crippen LogP contribution >= 0.6 is 0 Å². The lowest BCUT2D eigenvalue weighted by atomic mass is 9.97. The number of nitrogens with one attached hydrogen (secondary N) is 1. The first-order valence-corrected chi connectivity index (χ1v) is 8.65. The molecule has 1 atom stereocenters. The van der Waals surface area contributed by atoms with Crippen LogP contribution in [0, 0.1) is 13.8 Å². The van der Waals surface area contributed by atoms with Gasteiger partial charge in [-0.2, -0.15) is 0 Å². The molecule has 1 aliphatic heterocycles. The highest BCUT2D eigenvalue weighted by Gasteiger charge is 2.23. The van der Waals surface area contributed by atoms with Gasteiger partial charge < -0.3 is 10.4 Å². The normalized spacial score (nSPS) is 17.1. The number of ketones is 1. The van der Waals surface area contributed by atoms with E-state index < -0.39 is 0 Å². The van der Waals surface area contributed by atoms with Crippen molar-refractivity contribution < 1.29 is 9.90 Å². The zero-order valence-electron chi connectivity index (χ0n) is 14.4.